The lowest BCUT2D eigenvalue weighted by molar-refractivity contribution is 0.0949. The van der Waals surface area contributed by atoms with Crippen molar-refractivity contribution in [2.24, 2.45) is 5.73 Å². The Kier molecular flexibility index (Phi) is 4.35. The summed E-state index contributed by atoms with van der Waals surface area (Å²) in [6.07, 6.45) is 5.18. The van der Waals surface area contributed by atoms with Gasteiger partial charge in [-0.2, -0.15) is 0 Å². The largest absolute Gasteiger partial charge is 0.392 e. The SMILES string of the molecule is CCCC(NC(=O)c1cc2c(s1)CCC2)C(N)=S. The number of carbonyl (C=O) groups excluding carboxylic acids is 1. The van der Waals surface area contributed by atoms with Gasteiger partial charge in [0.15, 0.2) is 0 Å². The van der Waals surface area contributed by atoms with Gasteiger partial charge in [-0.1, -0.05) is 25.6 Å². The van der Waals surface area contributed by atoms with E-state index in [1.807, 2.05) is 6.07 Å². The molecule has 1 aliphatic carbocycles. The van der Waals surface area contributed by atoms with E-state index in [-0.39, 0.29) is 11.9 Å². The summed E-state index contributed by atoms with van der Waals surface area (Å²) < 4.78 is 0. The Bertz CT molecular complexity index is 446. The van der Waals surface area contributed by atoms with Gasteiger partial charge in [-0.3, -0.25) is 4.79 Å². The Hall–Kier alpha value is -0.940. The fourth-order valence-electron chi connectivity index (χ4n) is 2.24. The van der Waals surface area contributed by atoms with Gasteiger partial charge in [0, 0.05) is 4.88 Å². The molecule has 1 heterocycles. The van der Waals surface area contributed by atoms with Crippen LogP contribution in [0.4, 0.5) is 0 Å². The molecule has 0 bridgehead atoms. The molecule has 0 aromatic carbocycles. The molecule has 0 aliphatic heterocycles. The van der Waals surface area contributed by atoms with Crippen LogP contribution in [0.25, 0.3) is 0 Å². The molecule has 1 unspecified atom stereocenters. The topological polar surface area (TPSA) is 55.1 Å². The van der Waals surface area contributed by atoms with Crippen LogP contribution in [0.2, 0.25) is 0 Å². The van der Waals surface area contributed by atoms with Gasteiger partial charge in [-0.25, -0.2) is 0 Å². The van der Waals surface area contributed by atoms with Crippen LogP contribution in [-0.2, 0) is 12.8 Å². The molecule has 0 radical (unpaired) electrons. The number of carbonyl (C=O) groups is 1. The fourth-order valence-corrected chi connectivity index (χ4v) is 3.58. The lowest BCUT2D eigenvalue weighted by Crippen LogP contribution is -2.43. The Morgan fingerprint density at radius 2 is 2.39 bits per heavy atom. The number of fused-ring (bicyclic) bond motifs is 1. The van der Waals surface area contributed by atoms with Gasteiger partial charge in [0.2, 0.25) is 0 Å². The molecule has 1 atom stereocenters. The zero-order valence-electron chi connectivity index (χ0n) is 10.5. The maximum atomic E-state index is 12.1. The van der Waals surface area contributed by atoms with Gasteiger partial charge in [0.05, 0.1) is 15.9 Å². The molecule has 2 rings (SSSR count). The molecule has 0 fully saturated rings. The van der Waals surface area contributed by atoms with Crippen molar-refractivity contribution in [1.82, 2.24) is 5.32 Å². The van der Waals surface area contributed by atoms with Crippen molar-refractivity contribution in [3.8, 4) is 0 Å². The number of hydrogen-bond acceptors (Lipinski definition) is 3. The Labute approximate surface area is 117 Å². The number of amides is 1. The second-order valence-electron chi connectivity index (χ2n) is 4.63. The highest BCUT2D eigenvalue weighted by Gasteiger charge is 2.21. The van der Waals surface area contributed by atoms with Crippen molar-refractivity contribution in [1.29, 1.82) is 0 Å². The number of rotatable bonds is 5. The number of aryl methyl sites for hydroxylation is 2. The molecule has 1 aromatic heterocycles. The molecular formula is C13H18N2OS2. The number of nitrogens with one attached hydrogen (secondary N) is 1. The van der Waals surface area contributed by atoms with Gasteiger partial charge in [-0.05, 0) is 37.3 Å². The second-order valence-corrected chi connectivity index (χ2v) is 6.24. The average molecular weight is 282 g/mol. The number of thiophene rings is 1. The molecule has 18 heavy (non-hydrogen) atoms. The summed E-state index contributed by atoms with van der Waals surface area (Å²) in [5, 5.41) is 2.93. The smallest absolute Gasteiger partial charge is 0.261 e. The first-order valence-corrected chi connectivity index (χ1v) is 7.56. The van der Waals surface area contributed by atoms with E-state index in [1.54, 1.807) is 11.3 Å². The average Bonchev–Trinajstić information content (AvgIpc) is 2.87. The van der Waals surface area contributed by atoms with E-state index >= 15 is 0 Å². The summed E-state index contributed by atoms with van der Waals surface area (Å²) in [4.78, 5) is 14.6. The first-order valence-electron chi connectivity index (χ1n) is 6.33. The van der Waals surface area contributed by atoms with Gasteiger partial charge in [0.25, 0.3) is 5.91 Å². The second kappa shape index (κ2) is 5.80. The lowest BCUT2D eigenvalue weighted by Gasteiger charge is -2.15. The van der Waals surface area contributed by atoms with Gasteiger partial charge < -0.3 is 11.1 Å². The zero-order chi connectivity index (χ0) is 13.1. The Morgan fingerprint density at radius 3 is 3.00 bits per heavy atom. The molecule has 1 aliphatic rings. The molecule has 1 aromatic rings. The Balaban J connectivity index is 2.04. The molecule has 0 saturated heterocycles. The van der Waals surface area contributed by atoms with Crippen molar-refractivity contribution >= 4 is 34.5 Å². The van der Waals surface area contributed by atoms with Crippen LogP contribution in [0, 0.1) is 0 Å². The van der Waals surface area contributed by atoms with E-state index in [4.69, 9.17) is 18.0 Å². The predicted molar refractivity (Wildman–Crippen MR) is 79.3 cm³/mol. The fraction of sp³-hybridized carbons (Fsp3) is 0.538. The third-order valence-corrected chi connectivity index (χ3v) is 4.72. The first kappa shape index (κ1) is 13.5. The third-order valence-electron chi connectivity index (χ3n) is 3.20. The van der Waals surface area contributed by atoms with Crippen LogP contribution in [0.5, 0.6) is 0 Å². The van der Waals surface area contributed by atoms with Crippen molar-refractivity contribution in [2.75, 3.05) is 0 Å². The lowest BCUT2D eigenvalue weighted by atomic mass is 10.1. The van der Waals surface area contributed by atoms with E-state index in [9.17, 15) is 4.79 Å². The van der Waals surface area contributed by atoms with Crippen molar-refractivity contribution in [3.63, 3.8) is 0 Å². The highest BCUT2D eigenvalue weighted by molar-refractivity contribution is 7.80. The standard InChI is InChI=1S/C13H18N2OS2/c1-2-4-9(12(14)17)15-13(16)11-7-8-5-3-6-10(8)18-11/h7,9H,2-6H2,1H3,(H2,14,17)(H,15,16). The highest BCUT2D eigenvalue weighted by atomic mass is 32.1. The molecule has 5 heteroatoms. The molecule has 3 N–H and O–H groups in total. The van der Waals surface area contributed by atoms with Crippen molar-refractivity contribution in [2.45, 2.75) is 45.1 Å². The number of hydrogen-bond donors (Lipinski definition) is 2. The van der Waals surface area contributed by atoms with Gasteiger partial charge in [0.1, 0.15) is 0 Å². The minimum absolute atomic E-state index is 0.0411. The van der Waals surface area contributed by atoms with Gasteiger partial charge >= 0.3 is 0 Å². The van der Waals surface area contributed by atoms with Crippen LogP contribution >= 0.6 is 23.6 Å². The van der Waals surface area contributed by atoms with E-state index in [0.29, 0.717) is 4.99 Å². The first-order chi connectivity index (χ1) is 8.61. The summed E-state index contributed by atoms with van der Waals surface area (Å²) in [5.41, 5.74) is 6.98. The summed E-state index contributed by atoms with van der Waals surface area (Å²) in [7, 11) is 0. The van der Waals surface area contributed by atoms with Crippen LogP contribution < -0.4 is 11.1 Å². The van der Waals surface area contributed by atoms with E-state index in [2.05, 4.69) is 12.2 Å². The zero-order valence-corrected chi connectivity index (χ0v) is 12.1. The summed E-state index contributed by atoms with van der Waals surface area (Å²) in [5.74, 6) is -0.0411. The maximum Gasteiger partial charge on any atom is 0.261 e. The summed E-state index contributed by atoms with van der Waals surface area (Å²) in [6.45, 7) is 2.05. The van der Waals surface area contributed by atoms with Crippen molar-refractivity contribution in [3.05, 3.63) is 21.4 Å². The number of nitrogens with two attached hydrogens (primary N) is 1. The Morgan fingerprint density at radius 1 is 1.61 bits per heavy atom. The third kappa shape index (κ3) is 2.90. The molecule has 3 nitrogen and oxygen atoms in total. The van der Waals surface area contributed by atoms with Crippen LogP contribution in [-0.4, -0.2) is 16.9 Å². The molecule has 98 valence electrons. The molecule has 0 spiro atoms. The summed E-state index contributed by atoms with van der Waals surface area (Å²) >= 11 is 6.59. The van der Waals surface area contributed by atoms with Crippen LogP contribution in [0.15, 0.2) is 6.07 Å². The van der Waals surface area contributed by atoms with Crippen LogP contribution in [0.3, 0.4) is 0 Å². The van der Waals surface area contributed by atoms with E-state index in [0.717, 1.165) is 30.6 Å². The summed E-state index contributed by atoms with van der Waals surface area (Å²) in [6, 6.07) is 1.83. The predicted octanol–water partition coefficient (Wildman–Crippen LogP) is 2.42. The quantitative estimate of drug-likeness (QED) is 0.816. The molecule has 1 amide bonds. The minimum atomic E-state index is -0.186. The highest BCUT2D eigenvalue weighted by Crippen LogP contribution is 2.30. The van der Waals surface area contributed by atoms with E-state index in [1.165, 1.54) is 16.9 Å². The number of thiocarbonyl (C=S) groups is 1. The maximum absolute atomic E-state index is 12.1. The minimum Gasteiger partial charge on any atom is -0.392 e. The van der Waals surface area contributed by atoms with Crippen molar-refractivity contribution < 1.29 is 4.79 Å². The van der Waals surface area contributed by atoms with E-state index < -0.39 is 0 Å². The normalized spacial score (nSPS) is 15.2. The van der Waals surface area contributed by atoms with Gasteiger partial charge in [-0.15, -0.1) is 11.3 Å². The monoisotopic (exact) mass is 282 g/mol. The molecular weight excluding hydrogens is 264 g/mol. The van der Waals surface area contributed by atoms with Crippen LogP contribution in [0.1, 0.15) is 46.3 Å². The molecule has 0 saturated carbocycles.